The Morgan fingerprint density at radius 3 is 0.650 bits per heavy atom. The van der Waals surface area contributed by atoms with Gasteiger partial charge in [-0.05, 0) is 203 Å². The summed E-state index contributed by atoms with van der Waals surface area (Å²) in [5.41, 5.74) is 12.9. The van der Waals surface area contributed by atoms with E-state index in [2.05, 4.69) is 74.8 Å². The Morgan fingerprint density at radius 2 is 0.457 bits per heavy atom. The van der Waals surface area contributed by atoms with Crippen LogP contribution in [-0.2, 0) is 199 Å². The second-order valence-electron chi connectivity index (χ2n) is 42.8. The molecule has 752 valence electrons. The molecule has 0 N–H and O–H groups in total. The van der Waals surface area contributed by atoms with Crippen molar-refractivity contribution in [2.24, 2.45) is 0 Å². The average Bonchev–Trinajstić information content (AvgIpc) is 1.67. The molecular weight excluding hydrogens is 1800 g/mol. The number of benzene rings is 4. The Bertz CT molecular complexity index is 5120. The Hall–Kier alpha value is -9.20. The number of allylic oxidation sites excluding steroid dienone is 4. The van der Waals surface area contributed by atoms with Gasteiger partial charge in [0.15, 0.2) is 46.3 Å². The van der Waals surface area contributed by atoms with E-state index in [1.165, 1.54) is 0 Å². The SMILES string of the molecule is C=CCc1cc2c(OCc3cn(C[C@@H]4O[C@@H]5COC(C)(C)O[C@@H]5[C@@H]5OC(C)(C)O[C@H]54)nn3)c(c1)Cc1cc(CC=C)cc(c1OCc1cn(C[C@@H]3O[C@@H]4COC(C)(C)O[C@@H]4[C@@H]4OC(C)(C)O[C@H]43)nn1)Cc1cc(CC=C)cc(c1OCc1cn(C[C@@H]3O[C@@H]4COC(C)(C)O[C@@H]4[C@@H]4OC(C)(C)O[C@H]43)nn1)Cc1cc(CC=C)cc(c1OCc1cn(C[C@@H]3O[C@@H]4COC(C)(C)O[C@@H]4[C@@H]4OC(C)(C)O[C@H]43)nn1)C2. The van der Waals surface area contributed by atoms with Gasteiger partial charge in [0.25, 0.3) is 0 Å². The van der Waals surface area contributed by atoms with E-state index in [0.717, 1.165) is 66.8 Å². The lowest BCUT2D eigenvalue weighted by atomic mass is 9.87. The van der Waals surface area contributed by atoms with Crippen molar-refractivity contribution in [2.45, 2.75) is 383 Å². The van der Waals surface area contributed by atoms with Crippen LogP contribution in [0.1, 0.15) is 200 Å². The molecule has 0 saturated carbocycles. The molecule has 8 aromatic rings. The summed E-state index contributed by atoms with van der Waals surface area (Å²) < 4.78 is 168. The van der Waals surface area contributed by atoms with Gasteiger partial charge in [0.05, 0.1) is 77.4 Å². The van der Waals surface area contributed by atoms with Crippen molar-refractivity contribution in [1.29, 1.82) is 0 Å². The minimum absolute atomic E-state index is 0.00491. The Morgan fingerprint density at radius 1 is 0.271 bits per heavy atom. The summed E-state index contributed by atoms with van der Waals surface area (Å²) in [7, 11) is 0. The van der Waals surface area contributed by atoms with E-state index in [9.17, 15) is 0 Å². The summed E-state index contributed by atoms with van der Waals surface area (Å²) in [5, 5.41) is 38.3. The summed E-state index contributed by atoms with van der Waals surface area (Å²) in [6.45, 7) is 50.1. The molecule has 12 aliphatic heterocycles. The van der Waals surface area contributed by atoms with Crippen LogP contribution in [-0.4, -0.2) is 255 Å². The van der Waals surface area contributed by atoms with Gasteiger partial charge in [-0.25, -0.2) is 18.7 Å². The molecule has 1 aliphatic carbocycles. The molecule has 4 aromatic carbocycles. The predicted molar refractivity (Wildman–Crippen MR) is 500 cm³/mol. The lowest BCUT2D eigenvalue weighted by molar-refractivity contribution is -0.349. The minimum atomic E-state index is -0.910. The first kappa shape index (κ1) is 96.9. The largest absolute Gasteiger partial charge is 0.487 e. The first-order valence-corrected chi connectivity index (χ1v) is 49.2. The zero-order valence-corrected chi connectivity index (χ0v) is 82.9. The van der Waals surface area contributed by atoms with E-state index in [-0.39, 0.29) is 78.3 Å². The maximum absolute atomic E-state index is 7.53. The fourth-order valence-electron chi connectivity index (χ4n) is 22.4. The third-order valence-electron chi connectivity index (χ3n) is 27.9. The molecule has 8 bridgehead atoms. The highest BCUT2D eigenvalue weighted by molar-refractivity contribution is 5.59. The van der Waals surface area contributed by atoms with Gasteiger partial charge in [-0.3, -0.25) is 0 Å². The summed E-state index contributed by atoms with van der Waals surface area (Å²) in [6, 6.07) is 17.7. The third-order valence-corrected chi connectivity index (χ3v) is 27.9. The maximum Gasteiger partial charge on any atom is 0.164 e. The second kappa shape index (κ2) is 37.8. The summed E-state index contributed by atoms with van der Waals surface area (Å²) in [5.74, 6) is -4.58. The number of fused-ring (bicyclic) bond motifs is 20. The molecule has 36 nitrogen and oxygen atoms in total. The van der Waals surface area contributed by atoms with Crippen molar-refractivity contribution >= 4 is 0 Å². The standard InChI is InChI=1S/C104H132N12O24/c1-21-25-57-29-61-37-63-31-58(26-22-2)33-65(82(63)118-50-70-42-114(110-106-70)46-74-86-94(138-102(15,16)134-86)90-78(126-74)54-122-98(7,8)130-90)39-67-35-60(28-24-4)36-68(84(67)120-52-72-44-116(112-108-72)48-76-88-96(140-104(19,20)136-88)92-80(128-76)56-124-100(11,12)132-92)40-66-34-59(27-23-3)32-64(83(66)119-51-71-43-115(111-107-71)47-75-87-95(139-103(17,18)135-87)91-79(127-75)55-123-99(9,10)131-91)38-62(30-57)81(61)117-49-69-41-113(109-105-69)45-73-85-93(137-101(13,14)133-85)89-77(125-73)53-121-97(5,6)129-89/h21-24,29-36,41-44,73-80,85-96H,1-4,25-28,37-40,45-56H2,5-20H3/t73-,74-,75-,76-,77+,78+,79+,80+,85-,86-,87-,88-,89-,90-,91-,92-,93+,94+,95+,96+/m0/s1. The number of nitrogens with zero attached hydrogens (tertiary/aromatic N) is 12. The molecule has 0 unspecified atom stereocenters. The van der Waals surface area contributed by atoms with Gasteiger partial charge in [0.2, 0.25) is 0 Å². The van der Waals surface area contributed by atoms with Gasteiger partial charge in [-0.2, -0.15) is 0 Å². The van der Waals surface area contributed by atoms with Gasteiger partial charge >= 0.3 is 0 Å². The molecular formula is C104H132N12O24. The Labute approximate surface area is 815 Å². The highest BCUT2D eigenvalue weighted by atomic mass is 16.8. The monoisotopic (exact) mass is 1930 g/mol. The van der Waals surface area contributed by atoms with Crippen molar-refractivity contribution in [2.75, 3.05) is 26.4 Å². The van der Waals surface area contributed by atoms with Crippen LogP contribution in [0.2, 0.25) is 0 Å². The van der Waals surface area contributed by atoms with E-state index in [1.54, 1.807) is 18.7 Å². The molecule has 21 rings (SSSR count). The molecule has 12 saturated heterocycles. The summed E-state index contributed by atoms with van der Waals surface area (Å²) in [6.07, 6.45) is 9.18. The summed E-state index contributed by atoms with van der Waals surface area (Å²) >= 11 is 0. The minimum Gasteiger partial charge on any atom is -0.487 e. The van der Waals surface area contributed by atoms with Crippen LogP contribution in [0.4, 0.5) is 0 Å². The van der Waals surface area contributed by atoms with Gasteiger partial charge in [-0.15, -0.1) is 46.7 Å². The van der Waals surface area contributed by atoms with Crippen molar-refractivity contribution in [3.8, 4) is 23.0 Å². The number of hydrogen-bond donors (Lipinski definition) is 0. The average molecular weight is 1930 g/mol. The molecule has 16 heterocycles. The highest BCUT2D eigenvalue weighted by Crippen LogP contribution is 2.50. The number of ether oxygens (including phenoxy) is 24. The quantitative estimate of drug-likeness (QED) is 0.0411. The summed E-state index contributed by atoms with van der Waals surface area (Å²) in [4.78, 5) is 0. The molecule has 36 heteroatoms. The molecule has 20 atom stereocenters. The fourth-order valence-corrected chi connectivity index (χ4v) is 22.4. The van der Waals surface area contributed by atoms with Gasteiger partial charge in [0, 0.05) is 25.7 Å². The smallest absolute Gasteiger partial charge is 0.164 e. The normalized spacial score (nSPS) is 31.8. The second-order valence-corrected chi connectivity index (χ2v) is 42.8. The van der Waals surface area contributed by atoms with Crippen molar-refractivity contribution in [3.63, 3.8) is 0 Å². The molecule has 12 fully saturated rings. The third kappa shape index (κ3) is 20.7. The van der Waals surface area contributed by atoms with Crippen molar-refractivity contribution in [1.82, 2.24) is 60.0 Å². The molecule has 140 heavy (non-hydrogen) atoms. The lowest BCUT2D eigenvalue weighted by Crippen LogP contribution is -2.64. The zero-order valence-electron chi connectivity index (χ0n) is 82.9. The van der Waals surface area contributed by atoms with E-state index < -0.39 is 168 Å². The Kier molecular flexibility index (Phi) is 26.1. The van der Waals surface area contributed by atoms with Crippen LogP contribution < -0.4 is 18.9 Å². The van der Waals surface area contributed by atoms with Crippen molar-refractivity contribution in [3.05, 3.63) is 213 Å². The van der Waals surface area contributed by atoms with E-state index in [1.807, 2.05) is 160 Å². The van der Waals surface area contributed by atoms with Crippen LogP contribution in [0.25, 0.3) is 0 Å². The van der Waals surface area contributed by atoms with Gasteiger partial charge < -0.3 is 114 Å². The molecule has 0 spiro atoms. The molecule has 0 radical (unpaired) electrons. The number of rotatable bonds is 28. The first-order chi connectivity index (χ1) is 66.8. The van der Waals surface area contributed by atoms with Crippen LogP contribution in [0.3, 0.4) is 0 Å². The predicted octanol–water partition coefficient (Wildman–Crippen LogP) is 11.7. The molecule has 4 aromatic heterocycles. The first-order valence-electron chi connectivity index (χ1n) is 49.2. The molecule has 0 amide bonds. The van der Waals surface area contributed by atoms with Crippen LogP contribution in [0.5, 0.6) is 23.0 Å². The topological polar surface area (TPSA) is 344 Å². The lowest BCUT2D eigenvalue weighted by Gasteiger charge is -2.48. The highest BCUT2D eigenvalue weighted by Gasteiger charge is 2.64. The van der Waals surface area contributed by atoms with Crippen LogP contribution >= 0.6 is 0 Å². The van der Waals surface area contributed by atoms with Crippen LogP contribution in [0.15, 0.2) is 124 Å². The van der Waals surface area contributed by atoms with E-state index >= 15 is 0 Å². The van der Waals surface area contributed by atoms with E-state index in [4.69, 9.17) is 155 Å². The van der Waals surface area contributed by atoms with Crippen molar-refractivity contribution < 1.29 is 114 Å². The fraction of sp³-hybridized carbons (Fsp3) is 0.615. The Balaban J connectivity index is 0.670. The number of hydrogen-bond acceptors (Lipinski definition) is 32. The number of aromatic nitrogens is 12. The maximum atomic E-state index is 7.53. The molecule has 13 aliphatic rings. The van der Waals surface area contributed by atoms with Gasteiger partial charge in [-0.1, -0.05) is 93.7 Å². The van der Waals surface area contributed by atoms with Gasteiger partial charge in [0.1, 0.15) is 194 Å². The zero-order chi connectivity index (χ0) is 97.5. The van der Waals surface area contributed by atoms with Crippen LogP contribution in [0, 0.1) is 0 Å². The van der Waals surface area contributed by atoms with E-state index in [0.29, 0.717) is 97.9 Å².